The van der Waals surface area contributed by atoms with Gasteiger partial charge in [-0.2, -0.15) is 0 Å². The quantitative estimate of drug-likeness (QED) is 0.305. The van der Waals surface area contributed by atoms with Crippen LogP contribution in [-0.4, -0.2) is 47.3 Å². The van der Waals surface area contributed by atoms with Gasteiger partial charge >= 0.3 is 0 Å². The summed E-state index contributed by atoms with van der Waals surface area (Å²) in [4.78, 5) is 27.6. The molecule has 2 aromatic heterocycles. The Morgan fingerprint density at radius 3 is 2.76 bits per heavy atom. The second-order valence-corrected chi connectivity index (χ2v) is 8.78. The highest BCUT2D eigenvalue weighted by Crippen LogP contribution is 2.22. The van der Waals surface area contributed by atoms with Gasteiger partial charge in [-0.3, -0.25) is 9.59 Å². The van der Waals surface area contributed by atoms with Gasteiger partial charge in [-0.1, -0.05) is 22.9 Å². The van der Waals surface area contributed by atoms with Gasteiger partial charge in [0.2, 0.25) is 10.9 Å². The molecule has 0 fully saturated rings. The highest BCUT2D eigenvalue weighted by atomic mass is 35.5. The number of hydrogen-bond acceptors (Lipinski definition) is 7. The van der Waals surface area contributed by atoms with E-state index in [4.69, 9.17) is 21.1 Å². The second kappa shape index (κ2) is 11.1. The number of amides is 2. The van der Waals surface area contributed by atoms with Crippen molar-refractivity contribution in [3.8, 4) is 5.75 Å². The Bertz CT molecular complexity index is 1290. The Morgan fingerprint density at radius 2 is 1.97 bits per heavy atom. The van der Waals surface area contributed by atoms with E-state index in [1.165, 1.54) is 0 Å². The summed E-state index contributed by atoms with van der Waals surface area (Å²) in [5, 5.41) is 15.8. The monoisotopic (exact) mass is 499 g/mol. The Kier molecular flexibility index (Phi) is 7.73. The third-order valence-electron chi connectivity index (χ3n) is 4.91. The lowest BCUT2D eigenvalue weighted by Crippen LogP contribution is -2.29. The summed E-state index contributed by atoms with van der Waals surface area (Å²) in [6.45, 7) is 0.435. The Hall–Kier alpha value is -3.47. The summed E-state index contributed by atoms with van der Waals surface area (Å²) in [6, 6.07) is 12.6. The minimum atomic E-state index is -0.370. The van der Waals surface area contributed by atoms with Gasteiger partial charge < -0.3 is 25.1 Å². The molecule has 34 heavy (non-hydrogen) atoms. The summed E-state index contributed by atoms with van der Waals surface area (Å²) in [5.74, 6) is 0.0883. The molecule has 4 rings (SSSR count). The van der Waals surface area contributed by atoms with Crippen LogP contribution in [0.4, 0.5) is 5.69 Å². The summed E-state index contributed by atoms with van der Waals surface area (Å²) in [7, 11) is 1.57. The number of methoxy groups -OCH3 is 1. The predicted octanol–water partition coefficient (Wildman–Crippen LogP) is 3.81. The van der Waals surface area contributed by atoms with Crippen LogP contribution in [0.2, 0.25) is 5.02 Å². The van der Waals surface area contributed by atoms with Gasteiger partial charge in [-0.05, 0) is 54.4 Å². The van der Waals surface area contributed by atoms with Crippen LogP contribution in [-0.2, 0) is 22.6 Å². The number of rotatable bonds is 10. The normalized spacial score (nSPS) is 10.9. The number of nitrogens with zero attached hydrogens (tertiary/aromatic N) is 2. The Balaban J connectivity index is 1.18. The molecule has 0 saturated carbocycles. The Labute approximate surface area is 204 Å². The SMILES string of the molecule is COc1ccc(NC(=O)c2nnc(COCC(=O)NCCc3c[nH]c4ccc(Cl)cc34)s2)cc1. The van der Waals surface area contributed by atoms with Crippen LogP contribution in [0, 0.1) is 0 Å². The molecule has 4 aromatic rings. The summed E-state index contributed by atoms with van der Waals surface area (Å²) >= 11 is 7.18. The highest BCUT2D eigenvalue weighted by molar-refractivity contribution is 7.13. The molecule has 0 aliphatic rings. The number of aromatic nitrogens is 3. The number of aromatic amines is 1. The van der Waals surface area contributed by atoms with Crippen molar-refractivity contribution in [2.24, 2.45) is 0 Å². The molecule has 2 amide bonds. The molecular formula is C23H22ClN5O4S. The fourth-order valence-corrected chi connectivity index (χ4v) is 4.08. The maximum Gasteiger partial charge on any atom is 0.286 e. The van der Waals surface area contributed by atoms with Crippen LogP contribution in [0.1, 0.15) is 20.4 Å². The van der Waals surface area contributed by atoms with Crippen molar-refractivity contribution in [3.05, 3.63) is 69.3 Å². The van der Waals surface area contributed by atoms with E-state index in [2.05, 4.69) is 25.8 Å². The van der Waals surface area contributed by atoms with Gasteiger partial charge in [-0.15, -0.1) is 10.2 Å². The molecule has 0 aliphatic carbocycles. The van der Waals surface area contributed by atoms with E-state index in [1.807, 2.05) is 24.4 Å². The number of halogens is 1. The van der Waals surface area contributed by atoms with Crippen LogP contribution in [0.3, 0.4) is 0 Å². The van der Waals surface area contributed by atoms with E-state index in [-0.39, 0.29) is 30.0 Å². The van der Waals surface area contributed by atoms with Crippen LogP contribution >= 0.6 is 22.9 Å². The first-order valence-corrected chi connectivity index (χ1v) is 11.6. The third kappa shape index (κ3) is 6.10. The lowest BCUT2D eigenvalue weighted by molar-refractivity contribution is -0.126. The van der Waals surface area contributed by atoms with Crippen LogP contribution < -0.4 is 15.4 Å². The van der Waals surface area contributed by atoms with Crippen LogP contribution in [0.5, 0.6) is 5.75 Å². The van der Waals surface area contributed by atoms with E-state index in [0.717, 1.165) is 27.8 Å². The first-order valence-electron chi connectivity index (χ1n) is 10.4. The standard InChI is InChI=1S/C23H22ClN5O4S/c1-32-17-5-3-16(4-6-17)27-22(31)23-29-28-21(34-23)13-33-12-20(30)25-9-8-14-11-26-19-7-2-15(24)10-18(14)19/h2-7,10-11,26H,8-9,12-13H2,1H3,(H,25,30)(H,27,31). The highest BCUT2D eigenvalue weighted by Gasteiger charge is 2.14. The number of fused-ring (bicyclic) bond motifs is 1. The first kappa shape index (κ1) is 23.7. The number of benzene rings is 2. The fraction of sp³-hybridized carbons (Fsp3) is 0.217. The smallest absolute Gasteiger partial charge is 0.286 e. The van der Waals surface area contributed by atoms with Crippen molar-refractivity contribution in [3.63, 3.8) is 0 Å². The summed E-state index contributed by atoms with van der Waals surface area (Å²) in [5.41, 5.74) is 2.70. The number of H-pyrrole nitrogens is 1. The topological polar surface area (TPSA) is 118 Å². The zero-order valence-corrected chi connectivity index (χ0v) is 19.8. The molecule has 0 unspecified atom stereocenters. The van der Waals surface area contributed by atoms with Gasteiger partial charge in [0.15, 0.2) is 0 Å². The van der Waals surface area contributed by atoms with Crippen molar-refractivity contribution in [1.82, 2.24) is 20.5 Å². The maximum atomic E-state index is 12.3. The number of ether oxygens (including phenoxy) is 2. The molecule has 176 valence electrons. The number of anilines is 1. The minimum Gasteiger partial charge on any atom is -0.497 e. The molecule has 3 N–H and O–H groups in total. The molecule has 0 atom stereocenters. The van der Waals surface area contributed by atoms with E-state index < -0.39 is 0 Å². The lowest BCUT2D eigenvalue weighted by Gasteiger charge is -2.05. The van der Waals surface area contributed by atoms with Crippen molar-refractivity contribution in [1.29, 1.82) is 0 Å². The molecule has 0 spiro atoms. The third-order valence-corrected chi connectivity index (χ3v) is 6.04. The van der Waals surface area contributed by atoms with Gasteiger partial charge in [0.1, 0.15) is 24.0 Å². The van der Waals surface area contributed by atoms with Gasteiger partial charge in [0, 0.05) is 34.4 Å². The first-order chi connectivity index (χ1) is 16.5. The molecule has 0 saturated heterocycles. The van der Waals surface area contributed by atoms with Crippen molar-refractivity contribution in [2.45, 2.75) is 13.0 Å². The average molecular weight is 500 g/mol. The minimum absolute atomic E-state index is 0.0852. The molecule has 0 radical (unpaired) electrons. The molecule has 11 heteroatoms. The van der Waals surface area contributed by atoms with Crippen molar-refractivity contribution < 1.29 is 19.1 Å². The summed E-state index contributed by atoms with van der Waals surface area (Å²) < 4.78 is 10.5. The number of carbonyl (C=O) groups excluding carboxylic acids is 2. The molecule has 0 aliphatic heterocycles. The van der Waals surface area contributed by atoms with E-state index in [1.54, 1.807) is 31.4 Å². The largest absolute Gasteiger partial charge is 0.497 e. The average Bonchev–Trinajstić information content (AvgIpc) is 3.47. The predicted molar refractivity (Wildman–Crippen MR) is 131 cm³/mol. The fourth-order valence-electron chi connectivity index (χ4n) is 3.24. The molecular weight excluding hydrogens is 478 g/mol. The summed E-state index contributed by atoms with van der Waals surface area (Å²) in [6.07, 6.45) is 2.58. The lowest BCUT2D eigenvalue weighted by atomic mass is 10.1. The van der Waals surface area contributed by atoms with Crippen LogP contribution in [0.25, 0.3) is 10.9 Å². The number of nitrogens with one attached hydrogen (secondary N) is 3. The van der Waals surface area contributed by atoms with Crippen molar-refractivity contribution >= 4 is 51.3 Å². The molecule has 0 bridgehead atoms. The molecule has 2 aromatic carbocycles. The number of carbonyl (C=O) groups is 2. The molecule has 9 nitrogen and oxygen atoms in total. The number of hydrogen-bond donors (Lipinski definition) is 3. The second-order valence-electron chi connectivity index (χ2n) is 7.28. The van der Waals surface area contributed by atoms with E-state index >= 15 is 0 Å². The molecule has 2 heterocycles. The van der Waals surface area contributed by atoms with E-state index in [9.17, 15) is 9.59 Å². The Morgan fingerprint density at radius 1 is 1.15 bits per heavy atom. The van der Waals surface area contributed by atoms with Gasteiger partial charge in [0.25, 0.3) is 5.91 Å². The zero-order valence-electron chi connectivity index (χ0n) is 18.3. The maximum absolute atomic E-state index is 12.3. The van der Waals surface area contributed by atoms with Gasteiger partial charge in [0.05, 0.1) is 7.11 Å². The van der Waals surface area contributed by atoms with Crippen LogP contribution in [0.15, 0.2) is 48.7 Å². The van der Waals surface area contributed by atoms with E-state index in [0.29, 0.717) is 34.4 Å². The van der Waals surface area contributed by atoms with Gasteiger partial charge in [-0.25, -0.2) is 0 Å². The zero-order chi connectivity index (χ0) is 23.9. The van der Waals surface area contributed by atoms with Crippen molar-refractivity contribution in [2.75, 3.05) is 25.6 Å².